The standard InChI is InChI=1S/C13H16N4O/c1-2-4-11(18)17-7-9(8-17)12-10-5-3-6-14-13(10)16-15-12/h3,5-6,9H,2,4,7-8H2,1H3,(H,14,15,16). The minimum atomic E-state index is 0.260. The summed E-state index contributed by atoms with van der Waals surface area (Å²) in [4.78, 5) is 17.8. The summed E-state index contributed by atoms with van der Waals surface area (Å²) in [5.74, 6) is 0.635. The molecule has 0 atom stereocenters. The molecule has 5 nitrogen and oxygen atoms in total. The molecule has 0 saturated carbocycles. The van der Waals surface area contributed by atoms with Crippen LogP contribution in [0.5, 0.6) is 0 Å². The van der Waals surface area contributed by atoms with E-state index in [2.05, 4.69) is 15.2 Å². The van der Waals surface area contributed by atoms with Crippen molar-refractivity contribution in [1.82, 2.24) is 20.1 Å². The van der Waals surface area contributed by atoms with Crippen LogP contribution in [0.4, 0.5) is 0 Å². The molecule has 0 aliphatic carbocycles. The zero-order valence-electron chi connectivity index (χ0n) is 10.4. The van der Waals surface area contributed by atoms with Crippen LogP contribution in [-0.2, 0) is 4.79 Å². The van der Waals surface area contributed by atoms with Gasteiger partial charge in [0, 0.05) is 37.0 Å². The molecule has 0 unspecified atom stereocenters. The second kappa shape index (κ2) is 4.40. The van der Waals surface area contributed by atoms with Gasteiger partial charge in [-0.25, -0.2) is 4.98 Å². The molecular formula is C13H16N4O. The molecule has 1 aliphatic rings. The van der Waals surface area contributed by atoms with E-state index in [1.54, 1.807) is 6.20 Å². The lowest BCUT2D eigenvalue weighted by Gasteiger charge is -2.38. The number of aromatic amines is 1. The van der Waals surface area contributed by atoms with Crippen molar-refractivity contribution in [1.29, 1.82) is 0 Å². The summed E-state index contributed by atoms with van der Waals surface area (Å²) in [5, 5.41) is 8.32. The van der Waals surface area contributed by atoms with Crippen LogP contribution < -0.4 is 0 Å². The van der Waals surface area contributed by atoms with E-state index < -0.39 is 0 Å². The Morgan fingerprint density at radius 1 is 1.56 bits per heavy atom. The summed E-state index contributed by atoms with van der Waals surface area (Å²) in [7, 11) is 0. The zero-order valence-corrected chi connectivity index (χ0v) is 10.4. The van der Waals surface area contributed by atoms with Gasteiger partial charge in [-0.1, -0.05) is 6.92 Å². The first-order chi connectivity index (χ1) is 8.79. The van der Waals surface area contributed by atoms with Gasteiger partial charge < -0.3 is 4.90 Å². The van der Waals surface area contributed by atoms with Crippen molar-refractivity contribution in [3.63, 3.8) is 0 Å². The highest BCUT2D eigenvalue weighted by atomic mass is 16.2. The molecule has 1 fully saturated rings. The predicted molar refractivity (Wildman–Crippen MR) is 68.1 cm³/mol. The van der Waals surface area contributed by atoms with Gasteiger partial charge >= 0.3 is 0 Å². The van der Waals surface area contributed by atoms with Crippen LogP contribution in [-0.4, -0.2) is 39.1 Å². The third-order valence-electron chi connectivity index (χ3n) is 3.47. The van der Waals surface area contributed by atoms with Crippen molar-refractivity contribution in [2.45, 2.75) is 25.7 Å². The number of pyridine rings is 1. The van der Waals surface area contributed by atoms with Gasteiger partial charge in [-0.05, 0) is 18.6 Å². The van der Waals surface area contributed by atoms with E-state index >= 15 is 0 Å². The fourth-order valence-corrected chi connectivity index (χ4v) is 2.42. The predicted octanol–water partition coefficient (Wildman–Crippen LogP) is 1.68. The number of amides is 1. The Bertz CT molecular complexity index is 571. The first-order valence-electron chi connectivity index (χ1n) is 6.36. The van der Waals surface area contributed by atoms with Crippen molar-refractivity contribution in [2.24, 2.45) is 0 Å². The Morgan fingerprint density at radius 2 is 2.39 bits per heavy atom. The minimum absolute atomic E-state index is 0.260. The first-order valence-corrected chi connectivity index (χ1v) is 6.36. The molecular weight excluding hydrogens is 228 g/mol. The number of fused-ring (bicyclic) bond motifs is 1. The monoisotopic (exact) mass is 244 g/mol. The van der Waals surface area contributed by atoms with Gasteiger partial charge in [0.05, 0.1) is 5.69 Å². The molecule has 5 heteroatoms. The summed E-state index contributed by atoms with van der Waals surface area (Å²) in [6.07, 6.45) is 3.31. The largest absolute Gasteiger partial charge is 0.341 e. The number of H-pyrrole nitrogens is 1. The maximum Gasteiger partial charge on any atom is 0.222 e. The second-order valence-corrected chi connectivity index (χ2v) is 4.76. The van der Waals surface area contributed by atoms with Crippen LogP contribution in [0.1, 0.15) is 31.4 Å². The molecule has 2 aromatic rings. The molecule has 0 bridgehead atoms. The molecule has 3 heterocycles. The van der Waals surface area contributed by atoms with Crippen molar-refractivity contribution in [3.05, 3.63) is 24.0 Å². The number of likely N-dealkylation sites (tertiary alicyclic amines) is 1. The van der Waals surface area contributed by atoms with Crippen LogP contribution in [0.25, 0.3) is 11.0 Å². The fraction of sp³-hybridized carbons (Fsp3) is 0.462. The van der Waals surface area contributed by atoms with E-state index in [0.717, 1.165) is 36.2 Å². The molecule has 0 aromatic carbocycles. The van der Waals surface area contributed by atoms with Crippen molar-refractivity contribution < 1.29 is 4.79 Å². The lowest BCUT2D eigenvalue weighted by atomic mass is 9.94. The van der Waals surface area contributed by atoms with E-state index in [-0.39, 0.29) is 5.91 Å². The second-order valence-electron chi connectivity index (χ2n) is 4.76. The van der Waals surface area contributed by atoms with Crippen molar-refractivity contribution in [2.75, 3.05) is 13.1 Å². The number of nitrogens with one attached hydrogen (secondary N) is 1. The molecule has 3 rings (SSSR count). The number of rotatable bonds is 3. The SMILES string of the molecule is CCCC(=O)N1CC(c2[nH]nc3ncccc23)C1. The van der Waals surface area contributed by atoms with Gasteiger partial charge in [-0.3, -0.25) is 9.89 Å². The number of carbonyl (C=O) groups excluding carboxylic acids is 1. The fourth-order valence-electron chi connectivity index (χ4n) is 2.42. The van der Waals surface area contributed by atoms with Gasteiger partial charge in [-0.15, -0.1) is 0 Å². The van der Waals surface area contributed by atoms with Gasteiger partial charge in [0.1, 0.15) is 0 Å². The zero-order chi connectivity index (χ0) is 12.5. The van der Waals surface area contributed by atoms with Crippen molar-refractivity contribution >= 4 is 16.9 Å². The molecule has 1 amide bonds. The number of hydrogen-bond donors (Lipinski definition) is 1. The molecule has 2 aromatic heterocycles. The van der Waals surface area contributed by atoms with Crippen LogP contribution >= 0.6 is 0 Å². The van der Waals surface area contributed by atoms with E-state index in [0.29, 0.717) is 12.3 Å². The summed E-state index contributed by atoms with van der Waals surface area (Å²) in [5.41, 5.74) is 1.87. The quantitative estimate of drug-likeness (QED) is 0.893. The highest BCUT2D eigenvalue weighted by Crippen LogP contribution is 2.30. The molecule has 1 saturated heterocycles. The Kier molecular flexibility index (Phi) is 2.74. The van der Waals surface area contributed by atoms with Gasteiger partial charge in [-0.2, -0.15) is 5.10 Å². The smallest absolute Gasteiger partial charge is 0.222 e. The molecule has 1 aliphatic heterocycles. The van der Waals surface area contributed by atoms with Gasteiger partial charge in [0.25, 0.3) is 0 Å². The normalized spacial score (nSPS) is 15.9. The Morgan fingerprint density at radius 3 is 3.17 bits per heavy atom. The third-order valence-corrected chi connectivity index (χ3v) is 3.47. The average Bonchev–Trinajstić information content (AvgIpc) is 2.72. The Hall–Kier alpha value is -1.91. The number of aromatic nitrogens is 3. The van der Waals surface area contributed by atoms with E-state index in [4.69, 9.17) is 0 Å². The first kappa shape index (κ1) is 11.2. The lowest BCUT2D eigenvalue weighted by molar-refractivity contribution is -0.135. The van der Waals surface area contributed by atoms with Crippen LogP contribution in [0.3, 0.4) is 0 Å². The molecule has 0 spiro atoms. The summed E-state index contributed by atoms with van der Waals surface area (Å²) in [6, 6.07) is 3.94. The summed E-state index contributed by atoms with van der Waals surface area (Å²) in [6.45, 7) is 3.62. The van der Waals surface area contributed by atoms with Crippen LogP contribution in [0, 0.1) is 0 Å². The van der Waals surface area contributed by atoms with E-state index in [1.165, 1.54) is 0 Å². The van der Waals surface area contributed by atoms with Gasteiger partial charge in [0.2, 0.25) is 5.91 Å². The van der Waals surface area contributed by atoms with E-state index in [1.807, 2.05) is 24.0 Å². The number of nitrogens with zero attached hydrogens (tertiary/aromatic N) is 3. The molecule has 0 radical (unpaired) electrons. The minimum Gasteiger partial charge on any atom is -0.341 e. The molecule has 94 valence electrons. The summed E-state index contributed by atoms with van der Waals surface area (Å²) < 4.78 is 0. The molecule has 1 N–H and O–H groups in total. The summed E-state index contributed by atoms with van der Waals surface area (Å²) >= 11 is 0. The maximum absolute atomic E-state index is 11.7. The Balaban J connectivity index is 1.73. The van der Waals surface area contributed by atoms with E-state index in [9.17, 15) is 4.79 Å². The van der Waals surface area contributed by atoms with Crippen LogP contribution in [0.15, 0.2) is 18.3 Å². The topological polar surface area (TPSA) is 61.9 Å². The third kappa shape index (κ3) is 1.75. The molecule has 18 heavy (non-hydrogen) atoms. The lowest BCUT2D eigenvalue weighted by Crippen LogP contribution is -2.48. The maximum atomic E-state index is 11.7. The highest BCUT2D eigenvalue weighted by Gasteiger charge is 2.33. The number of carbonyl (C=O) groups is 1. The number of hydrogen-bond acceptors (Lipinski definition) is 3. The average molecular weight is 244 g/mol. The Labute approximate surface area is 105 Å². The highest BCUT2D eigenvalue weighted by molar-refractivity contribution is 5.80. The van der Waals surface area contributed by atoms with Crippen LogP contribution in [0.2, 0.25) is 0 Å². The van der Waals surface area contributed by atoms with Gasteiger partial charge in [0.15, 0.2) is 5.65 Å². The van der Waals surface area contributed by atoms with Crippen molar-refractivity contribution in [3.8, 4) is 0 Å².